The summed E-state index contributed by atoms with van der Waals surface area (Å²) in [5.74, 6) is 0.974. The lowest BCUT2D eigenvalue weighted by molar-refractivity contribution is -0.138. The van der Waals surface area contributed by atoms with Gasteiger partial charge in [-0.15, -0.1) is 0 Å². The third kappa shape index (κ3) is 5.98. The van der Waals surface area contributed by atoms with E-state index in [0.29, 0.717) is 6.54 Å². The van der Waals surface area contributed by atoms with E-state index >= 15 is 0 Å². The summed E-state index contributed by atoms with van der Waals surface area (Å²) in [6.45, 7) is 6.87. The van der Waals surface area contributed by atoms with Crippen LogP contribution in [0.4, 0.5) is 0 Å². The average Bonchev–Trinajstić information content (AvgIpc) is 3.27. The molecule has 1 aliphatic heterocycles. The molecule has 31 heavy (non-hydrogen) atoms. The van der Waals surface area contributed by atoms with Gasteiger partial charge in [0.2, 0.25) is 5.91 Å². The quantitative estimate of drug-likeness (QED) is 0.514. The van der Waals surface area contributed by atoms with Gasteiger partial charge >= 0.3 is 0 Å². The number of carbonyl (C=O) groups excluding carboxylic acids is 1. The molecule has 172 valence electrons. The summed E-state index contributed by atoms with van der Waals surface area (Å²) >= 11 is 0. The first-order chi connectivity index (χ1) is 14.9. The fourth-order valence-electron chi connectivity index (χ4n) is 4.79. The number of amides is 1. The van der Waals surface area contributed by atoms with Gasteiger partial charge in [-0.3, -0.25) is 14.7 Å². The Morgan fingerprint density at radius 1 is 1.16 bits per heavy atom. The van der Waals surface area contributed by atoms with Gasteiger partial charge in [-0.05, 0) is 25.3 Å². The second-order valence-corrected chi connectivity index (χ2v) is 9.07. The number of rotatable bonds is 7. The molecule has 1 aromatic carbocycles. The number of aliphatic imine (C=N–C) groups is 1. The van der Waals surface area contributed by atoms with Gasteiger partial charge in [-0.25, -0.2) is 0 Å². The summed E-state index contributed by atoms with van der Waals surface area (Å²) in [5.41, 5.74) is 2.25. The zero-order valence-corrected chi connectivity index (χ0v) is 19.6. The van der Waals surface area contributed by atoms with Crippen LogP contribution >= 0.6 is 0 Å². The van der Waals surface area contributed by atoms with Crippen LogP contribution in [0.3, 0.4) is 0 Å². The highest BCUT2D eigenvalue weighted by Gasteiger charge is 2.42. The topological polar surface area (TPSA) is 69.2 Å². The second-order valence-electron chi connectivity index (χ2n) is 9.07. The summed E-state index contributed by atoms with van der Waals surface area (Å²) < 4.78 is 5.57. The number of hydrogen-bond donors (Lipinski definition) is 2. The Hall–Kier alpha value is -2.12. The third-order valence-corrected chi connectivity index (χ3v) is 6.65. The molecule has 1 saturated heterocycles. The van der Waals surface area contributed by atoms with Gasteiger partial charge in [0.25, 0.3) is 0 Å². The van der Waals surface area contributed by atoms with Crippen molar-refractivity contribution in [3.8, 4) is 0 Å². The Balaban J connectivity index is 1.65. The van der Waals surface area contributed by atoms with Gasteiger partial charge in [-0.2, -0.15) is 0 Å². The molecule has 0 spiro atoms. The van der Waals surface area contributed by atoms with Crippen molar-refractivity contribution in [1.82, 2.24) is 20.4 Å². The van der Waals surface area contributed by atoms with Crippen LogP contribution in [0.1, 0.15) is 42.9 Å². The SMILES string of the molecule is CN=C(NCC(c1ccc(C)cc1)N1CCOCC1)NCC1(C(=O)N(C)C)CCCC1. The first-order valence-corrected chi connectivity index (χ1v) is 11.5. The zero-order valence-electron chi connectivity index (χ0n) is 19.6. The molecule has 3 rings (SSSR count). The molecular weight excluding hydrogens is 390 g/mol. The molecule has 1 atom stereocenters. The molecule has 0 radical (unpaired) electrons. The van der Waals surface area contributed by atoms with Crippen LogP contribution in [0.25, 0.3) is 0 Å². The molecule has 0 bridgehead atoms. The fraction of sp³-hybridized carbons (Fsp3) is 0.667. The Labute approximate surface area is 187 Å². The molecule has 1 amide bonds. The Morgan fingerprint density at radius 3 is 2.39 bits per heavy atom. The van der Waals surface area contributed by atoms with Crippen molar-refractivity contribution in [3.63, 3.8) is 0 Å². The van der Waals surface area contributed by atoms with Gasteiger partial charge < -0.3 is 20.3 Å². The number of morpholine rings is 1. The van der Waals surface area contributed by atoms with Crippen molar-refractivity contribution in [1.29, 1.82) is 0 Å². The van der Waals surface area contributed by atoms with E-state index < -0.39 is 0 Å². The van der Waals surface area contributed by atoms with Gasteiger partial charge in [0.1, 0.15) is 0 Å². The van der Waals surface area contributed by atoms with Crippen LogP contribution < -0.4 is 10.6 Å². The first kappa shape index (κ1) is 23.5. The molecule has 1 aliphatic carbocycles. The maximum atomic E-state index is 12.9. The number of ether oxygens (including phenoxy) is 1. The van der Waals surface area contributed by atoms with E-state index in [1.165, 1.54) is 11.1 Å². The minimum Gasteiger partial charge on any atom is -0.379 e. The summed E-state index contributed by atoms with van der Waals surface area (Å²) in [5, 5.41) is 6.98. The van der Waals surface area contributed by atoms with E-state index in [1.807, 2.05) is 14.1 Å². The Bertz CT molecular complexity index is 735. The first-order valence-electron chi connectivity index (χ1n) is 11.5. The molecule has 7 heteroatoms. The fourth-order valence-corrected chi connectivity index (χ4v) is 4.79. The molecule has 1 saturated carbocycles. The molecule has 2 fully saturated rings. The number of guanidine groups is 1. The Kier molecular flexibility index (Phi) is 8.32. The van der Waals surface area contributed by atoms with Crippen LogP contribution in [0, 0.1) is 12.3 Å². The Morgan fingerprint density at radius 2 is 1.81 bits per heavy atom. The summed E-state index contributed by atoms with van der Waals surface area (Å²) in [4.78, 5) is 21.5. The minimum absolute atomic E-state index is 0.221. The lowest BCUT2D eigenvalue weighted by atomic mass is 9.84. The molecule has 0 aromatic heterocycles. The van der Waals surface area contributed by atoms with Gasteiger partial charge in [-0.1, -0.05) is 42.7 Å². The predicted octanol–water partition coefficient (Wildman–Crippen LogP) is 2.18. The van der Waals surface area contributed by atoms with E-state index in [0.717, 1.165) is 64.5 Å². The maximum Gasteiger partial charge on any atom is 0.230 e. The highest BCUT2D eigenvalue weighted by molar-refractivity contribution is 5.85. The normalized spacial score (nSPS) is 20.3. The number of nitrogens with zero attached hydrogens (tertiary/aromatic N) is 3. The summed E-state index contributed by atoms with van der Waals surface area (Å²) in [6.07, 6.45) is 4.10. The van der Waals surface area contributed by atoms with Crippen LogP contribution in [0.15, 0.2) is 29.3 Å². The second kappa shape index (κ2) is 11.0. The van der Waals surface area contributed by atoms with Crippen LogP contribution in [0.5, 0.6) is 0 Å². The lowest BCUT2D eigenvalue weighted by Gasteiger charge is -2.35. The van der Waals surface area contributed by atoms with E-state index in [2.05, 4.69) is 51.7 Å². The average molecular weight is 430 g/mol. The maximum absolute atomic E-state index is 12.9. The molecule has 1 aromatic rings. The van der Waals surface area contributed by atoms with E-state index in [-0.39, 0.29) is 17.4 Å². The number of aryl methyl sites for hydroxylation is 1. The van der Waals surface area contributed by atoms with Crippen molar-refractivity contribution in [3.05, 3.63) is 35.4 Å². The molecule has 1 unspecified atom stereocenters. The zero-order chi connectivity index (χ0) is 22.3. The number of carbonyl (C=O) groups is 1. The van der Waals surface area contributed by atoms with Crippen LogP contribution in [-0.4, -0.2) is 82.2 Å². The molecule has 1 heterocycles. The van der Waals surface area contributed by atoms with Gasteiger partial charge in [0, 0.05) is 47.3 Å². The van der Waals surface area contributed by atoms with Crippen molar-refractivity contribution >= 4 is 11.9 Å². The van der Waals surface area contributed by atoms with Crippen molar-refractivity contribution in [2.24, 2.45) is 10.4 Å². The highest BCUT2D eigenvalue weighted by Crippen LogP contribution is 2.38. The van der Waals surface area contributed by atoms with E-state index in [4.69, 9.17) is 4.74 Å². The molecule has 2 aliphatic rings. The van der Waals surface area contributed by atoms with Crippen molar-refractivity contribution in [2.45, 2.75) is 38.6 Å². The number of benzene rings is 1. The monoisotopic (exact) mass is 429 g/mol. The van der Waals surface area contributed by atoms with E-state index in [9.17, 15) is 4.79 Å². The van der Waals surface area contributed by atoms with Crippen molar-refractivity contribution < 1.29 is 9.53 Å². The minimum atomic E-state index is -0.318. The smallest absolute Gasteiger partial charge is 0.230 e. The standard InChI is InChI=1S/C24H39N5O2/c1-19-7-9-20(10-8-19)21(29-13-15-31-16-14-29)17-26-23(25-2)27-18-24(11-5-6-12-24)22(30)28(3)4/h7-10,21H,5-6,11-18H2,1-4H3,(H2,25,26,27). The molecular formula is C24H39N5O2. The number of hydrogen-bond acceptors (Lipinski definition) is 4. The van der Waals surface area contributed by atoms with Crippen molar-refractivity contribution in [2.75, 3.05) is 60.5 Å². The largest absolute Gasteiger partial charge is 0.379 e. The van der Waals surface area contributed by atoms with Gasteiger partial charge in [0.15, 0.2) is 5.96 Å². The predicted molar refractivity (Wildman–Crippen MR) is 125 cm³/mol. The van der Waals surface area contributed by atoms with Crippen LogP contribution in [0.2, 0.25) is 0 Å². The summed E-state index contributed by atoms with van der Waals surface area (Å²) in [7, 11) is 5.49. The third-order valence-electron chi connectivity index (χ3n) is 6.65. The number of nitrogens with one attached hydrogen (secondary N) is 2. The highest BCUT2D eigenvalue weighted by atomic mass is 16.5. The van der Waals surface area contributed by atoms with Gasteiger partial charge in [0.05, 0.1) is 24.7 Å². The molecule has 2 N–H and O–H groups in total. The summed E-state index contributed by atoms with van der Waals surface area (Å²) in [6, 6.07) is 9.03. The van der Waals surface area contributed by atoms with Crippen LogP contribution in [-0.2, 0) is 9.53 Å². The molecule has 7 nitrogen and oxygen atoms in total. The lowest BCUT2D eigenvalue weighted by Crippen LogP contribution is -2.50. The van der Waals surface area contributed by atoms with E-state index in [1.54, 1.807) is 11.9 Å².